The van der Waals surface area contributed by atoms with E-state index in [2.05, 4.69) is 27.2 Å². The first kappa shape index (κ1) is 22.2. The van der Waals surface area contributed by atoms with Crippen LogP contribution in [-0.4, -0.2) is 58.1 Å². The predicted octanol–water partition coefficient (Wildman–Crippen LogP) is 2.07. The van der Waals surface area contributed by atoms with E-state index in [1.807, 2.05) is 0 Å². The minimum Gasteiger partial charge on any atom is -0.453 e. The van der Waals surface area contributed by atoms with Crippen LogP contribution in [0.4, 0.5) is 4.39 Å². The molecule has 1 atom stereocenters. The molecule has 0 radical (unpaired) electrons. The predicted molar refractivity (Wildman–Crippen MR) is 119 cm³/mol. The maximum absolute atomic E-state index is 14.8. The van der Waals surface area contributed by atoms with E-state index in [9.17, 15) is 14.3 Å². The number of carbonyl (C=O) groups excluding carboxylic acids is 1. The lowest BCUT2D eigenvalue weighted by molar-refractivity contribution is -0.123. The van der Waals surface area contributed by atoms with Crippen molar-refractivity contribution in [1.29, 1.82) is 0 Å². The fraction of sp³-hybridized carbons (Fsp3) is 0.391. The number of nitrogens with zero attached hydrogens (tertiary/aromatic N) is 2. The Hall–Kier alpha value is -3.01. The molecule has 1 fully saturated rings. The third-order valence-corrected chi connectivity index (χ3v) is 5.86. The van der Waals surface area contributed by atoms with Gasteiger partial charge in [-0.2, -0.15) is 0 Å². The number of piperidine rings is 1. The van der Waals surface area contributed by atoms with Gasteiger partial charge in [-0.05, 0) is 63.2 Å². The Kier molecular flexibility index (Phi) is 6.69. The number of nitrogens with one attached hydrogen (secondary N) is 2. The molecule has 4 rings (SSSR count). The lowest BCUT2D eigenvalue weighted by Gasteiger charge is -2.30. The van der Waals surface area contributed by atoms with Crippen LogP contribution in [0.1, 0.15) is 24.0 Å². The standard InChI is InChI=1S/C23H28FN5O3/c1-29-8-5-16(6-9-29)28-23(31)18(25)11-14-2-3-19(17(24)10-14)32-20-4-7-26-22-21(20)15(13-30)12-27-22/h2-4,7,10,12,16,18,30H,5-6,8-9,11,13,25H2,1H3,(H,26,27)(H,28,31)/t18-/m0/s1. The van der Waals surface area contributed by atoms with Crippen molar-refractivity contribution < 1.29 is 19.0 Å². The van der Waals surface area contributed by atoms with Crippen LogP contribution in [0.2, 0.25) is 0 Å². The summed E-state index contributed by atoms with van der Waals surface area (Å²) in [4.78, 5) is 21.8. The molecule has 0 bridgehead atoms. The van der Waals surface area contributed by atoms with E-state index in [0.29, 0.717) is 27.9 Å². The van der Waals surface area contributed by atoms with Gasteiger partial charge in [0.15, 0.2) is 11.6 Å². The van der Waals surface area contributed by atoms with E-state index in [4.69, 9.17) is 10.5 Å². The van der Waals surface area contributed by atoms with Crippen molar-refractivity contribution in [3.05, 3.63) is 53.6 Å². The summed E-state index contributed by atoms with van der Waals surface area (Å²) in [6, 6.07) is 5.54. The second-order valence-electron chi connectivity index (χ2n) is 8.27. The molecule has 1 aliphatic heterocycles. The van der Waals surface area contributed by atoms with E-state index < -0.39 is 11.9 Å². The molecule has 1 aromatic carbocycles. The largest absolute Gasteiger partial charge is 0.453 e. The van der Waals surface area contributed by atoms with Gasteiger partial charge in [0.25, 0.3) is 0 Å². The number of aromatic nitrogens is 2. The van der Waals surface area contributed by atoms with Gasteiger partial charge >= 0.3 is 0 Å². The summed E-state index contributed by atoms with van der Waals surface area (Å²) in [5.41, 5.74) is 7.85. The molecule has 0 unspecified atom stereocenters. The van der Waals surface area contributed by atoms with E-state index in [-0.39, 0.29) is 30.7 Å². The Bertz CT molecular complexity index is 1090. The van der Waals surface area contributed by atoms with E-state index in [0.717, 1.165) is 25.9 Å². The molecular formula is C23H28FN5O3. The number of carbonyl (C=O) groups is 1. The van der Waals surface area contributed by atoms with E-state index >= 15 is 0 Å². The van der Waals surface area contributed by atoms with Crippen molar-refractivity contribution in [3.8, 4) is 11.5 Å². The van der Waals surface area contributed by atoms with Crippen molar-refractivity contribution in [3.63, 3.8) is 0 Å². The Morgan fingerprint density at radius 3 is 2.88 bits per heavy atom. The summed E-state index contributed by atoms with van der Waals surface area (Å²) < 4.78 is 20.5. The second-order valence-corrected chi connectivity index (χ2v) is 8.27. The number of aliphatic hydroxyl groups is 1. The molecule has 0 saturated carbocycles. The van der Waals surface area contributed by atoms with Gasteiger partial charge in [-0.15, -0.1) is 0 Å². The molecule has 1 saturated heterocycles. The van der Waals surface area contributed by atoms with E-state index in [1.54, 1.807) is 24.5 Å². The van der Waals surface area contributed by atoms with Crippen molar-refractivity contribution in [2.75, 3.05) is 20.1 Å². The van der Waals surface area contributed by atoms with Gasteiger partial charge in [0, 0.05) is 24.0 Å². The zero-order valence-electron chi connectivity index (χ0n) is 18.0. The highest BCUT2D eigenvalue weighted by atomic mass is 19.1. The topological polar surface area (TPSA) is 117 Å². The highest BCUT2D eigenvalue weighted by Gasteiger charge is 2.22. The number of ether oxygens (including phenoxy) is 1. The molecular weight excluding hydrogens is 413 g/mol. The number of nitrogens with two attached hydrogens (primary N) is 1. The summed E-state index contributed by atoms with van der Waals surface area (Å²) in [7, 11) is 2.06. The smallest absolute Gasteiger partial charge is 0.237 e. The number of rotatable bonds is 7. The van der Waals surface area contributed by atoms with Crippen LogP contribution in [0.5, 0.6) is 11.5 Å². The SMILES string of the molecule is CN1CCC(NC(=O)[C@@H](N)Cc2ccc(Oc3ccnc4[nH]cc(CO)c34)c(F)c2)CC1. The second kappa shape index (κ2) is 9.64. The molecule has 0 aliphatic carbocycles. The number of halogens is 1. The molecule has 3 heterocycles. The lowest BCUT2D eigenvalue weighted by atomic mass is 10.0. The Morgan fingerprint density at radius 1 is 1.38 bits per heavy atom. The molecule has 8 nitrogen and oxygen atoms in total. The molecule has 1 aliphatic rings. The number of fused-ring (bicyclic) bond motifs is 1. The van der Waals surface area contributed by atoms with Gasteiger partial charge in [0.1, 0.15) is 11.4 Å². The lowest BCUT2D eigenvalue weighted by Crippen LogP contribution is -2.49. The quantitative estimate of drug-likeness (QED) is 0.446. The number of hydrogen-bond acceptors (Lipinski definition) is 6. The average Bonchev–Trinajstić information content (AvgIpc) is 3.21. The average molecular weight is 442 g/mol. The third-order valence-electron chi connectivity index (χ3n) is 5.86. The Labute approximate surface area is 185 Å². The van der Waals surface area contributed by atoms with Gasteiger partial charge in [-0.1, -0.05) is 6.07 Å². The molecule has 3 aromatic rings. The Morgan fingerprint density at radius 2 is 2.16 bits per heavy atom. The van der Waals surface area contributed by atoms with Crippen LogP contribution in [-0.2, 0) is 17.8 Å². The van der Waals surface area contributed by atoms with Crippen molar-refractivity contribution in [2.24, 2.45) is 5.73 Å². The number of hydrogen-bond donors (Lipinski definition) is 4. The summed E-state index contributed by atoms with van der Waals surface area (Å²) in [5, 5.41) is 13.1. The number of benzene rings is 1. The zero-order chi connectivity index (χ0) is 22.7. The van der Waals surface area contributed by atoms with Crippen LogP contribution in [0.3, 0.4) is 0 Å². The summed E-state index contributed by atoms with van der Waals surface area (Å²) in [5.74, 6) is -0.350. The first-order chi connectivity index (χ1) is 15.4. The third kappa shape index (κ3) is 4.90. The number of aromatic amines is 1. The molecule has 2 aromatic heterocycles. The van der Waals surface area contributed by atoms with Crippen molar-refractivity contribution in [1.82, 2.24) is 20.2 Å². The number of likely N-dealkylation sites (tertiary alicyclic amines) is 1. The fourth-order valence-electron chi connectivity index (χ4n) is 3.98. The normalized spacial score (nSPS) is 16.2. The van der Waals surface area contributed by atoms with Crippen LogP contribution in [0.25, 0.3) is 11.0 Å². The number of amides is 1. The molecule has 0 spiro atoms. The minimum atomic E-state index is -0.757. The summed E-state index contributed by atoms with van der Waals surface area (Å²) in [6.45, 7) is 1.69. The van der Waals surface area contributed by atoms with Gasteiger partial charge in [0.05, 0.1) is 18.0 Å². The van der Waals surface area contributed by atoms with Crippen LogP contribution in [0.15, 0.2) is 36.7 Å². The van der Waals surface area contributed by atoms with E-state index in [1.165, 1.54) is 12.1 Å². The highest BCUT2D eigenvalue weighted by molar-refractivity contribution is 5.86. The number of H-pyrrole nitrogens is 1. The highest BCUT2D eigenvalue weighted by Crippen LogP contribution is 2.32. The first-order valence-electron chi connectivity index (χ1n) is 10.7. The van der Waals surface area contributed by atoms with Crippen LogP contribution in [0, 0.1) is 5.82 Å². The van der Waals surface area contributed by atoms with Crippen LogP contribution >= 0.6 is 0 Å². The summed E-state index contributed by atoms with van der Waals surface area (Å²) >= 11 is 0. The fourth-order valence-corrected chi connectivity index (χ4v) is 3.98. The van der Waals surface area contributed by atoms with Gasteiger partial charge < -0.3 is 30.8 Å². The zero-order valence-corrected chi connectivity index (χ0v) is 18.0. The van der Waals surface area contributed by atoms with Gasteiger partial charge in [-0.3, -0.25) is 4.79 Å². The molecule has 32 heavy (non-hydrogen) atoms. The van der Waals surface area contributed by atoms with Crippen LogP contribution < -0.4 is 15.8 Å². The first-order valence-corrected chi connectivity index (χ1v) is 10.7. The maximum Gasteiger partial charge on any atom is 0.237 e. The van der Waals surface area contributed by atoms with Crippen molar-refractivity contribution >= 4 is 16.9 Å². The monoisotopic (exact) mass is 441 g/mol. The number of pyridine rings is 1. The number of aliphatic hydroxyl groups excluding tert-OH is 1. The molecule has 170 valence electrons. The summed E-state index contributed by atoms with van der Waals surface area (Å²) in [6.07, 6.45) is 5.21. The maximum atomic E-state index is 14.8. The van der Waals surface area contributed by atoms with Gasteiger partial charge in [-0.25, -0.2) is 9.37 Å². The van der Waals surface area contributed by atoms with Crippen molar-refractivity contribution in [2.45, 2.75) is 38.0 Å². The molecule has 1 amide bonds. The minimum absolute atomic E-state index is 0.0377. The molecule has 9 heteroatoms. The van der Waals surface area contributed by atoms with Gasteiger partial charge in [0.2, 0.25) is 5.91 Å². The molecule has 5 N–H and O–H groups in total. The Balaban J connectivity index is 1.41.